The number of nitrogens with one attached hydrogen (secondary N) is 1. The SMILES string of the molecule is CN1C(=O)CCc2ccc(NC(=O)c3ccc(-c4ccccc4)c(CN4CCC(C#N)CC4)c3)cc21. The fourth-order valence-corrected chi connectivity index (χ4v) is 5.14. The molecule has 0 atom stereocenters. The number of carbonyl (C=O) groups is 2. The summed E-state index contributed by atoms with van der Waals surface area (Å²) < 4.78 is 0. The minimum Gasteiger partial charge on any atom is -0.322 e. The molecule has 1 N–H and O–H groups in total. The highest BCUT2D eigenvalue weighted by molar-refractivity contribution is 6.05. The number of carbonyl (C=O) groups excluding carboxylic acids is 2. The predicted molar refractivity (Wildman–Crippen MR) is 142 cm³/mol. The van der Waals surface area contributed by atoms with Gasteiger partial charge in [0.25, 0.3) is 5.91 Å². The molecule has 0 spiro atoms. The van der Waals surface area contributed by atoms with Gasteiger partial charge in [-0.25, -0.2) is 0 Å². The molecule has 3 aromatic rings. The number of hydrogen-bond acceptors (Lipinski definition) is 4. The number of nitriles is 1. The third-order valence-electron chi connectivity index (χ3n) is 7.30. The van der Waals surface area contributed by atoms with Crippen molar-refractivity contribution in [1.29, 1.82) is 5.26 Å². The molecule has 0 saturated carbocycles. The molecule has 2 aliphatic rings. The van der Waals surface area contributed by atoms with E-state index in [2.05, 4.69) is 28.4 Å². The van der Waals surface area contributed by atoms with Crippen LogP contribution in [0.1, 0.15) is 40.7 Å². The van der Waals surface area contributed by atoms with Gasteiger partial charge in [-0.05, 0) is 78.9 Å². The number of rotatable bonds is 5. The summed E-state index contributed by atoms with van der Waals surface area (Å²) in [7, 11) is 1.78. The van der Waals surface area contributed by atoms with E-state index in [1.165, 1.54) is 0 Å². The lowest BCUT2D eigenvalue weighted by atomic mass is 9.94. The number of hydrogen-bond donors (Lipinski definition) is 1. The monoisotopic (exact) mass is 478 g/mol. The maximum Gasteiger partial charge on any atom is 0.255 e. The highest BCUT2D eigenvalue weighted by Crippen LogP contribution is 2.31. The Kier molecular flexibility index (Phi) is 6.84. The van der Waals surface area contributed by atoms with Crippen LogP contribution in [0.25, 0.3) is 11.1 Å². The van der Waals surface area contributed by atoms with Gasteiger partial charge in [-0.3, -0.25) is 14.5 Å². The van der Waals surface area contributed by atoms with Gasteiger partial charge < -0.3 is 10.2 Å². The molecule has 0 aromatic heterocycles. The second-order valence-electron chi connectivity index (χ2n) is 9.67. The average molecular weight is 479 g/mol. The first kappa shape index (κ1) is 23.8. The van der Waals surface area contributed by atoms with Crippen molar-refractivity contribution < 1.29 is 9.59 Å². The molecule has 2 aliphatic heterocycles. The first-order valence-corrected chi connectivity index (χ1v) is 12.5. The van der Waals surface area contributed by atoms with Crippen LogP contribution in [0.15, 0.2) is 66.7 Å². The lowest BCUT2D eigenvalue weighted by molar-refractivity contribution is -0.118. The summed E-state index contributed by atoms with van der Waals surface area (Å²) in [6.45, 7) is 2.49. The molecule has 1 saturated heterocycles. The second-order valence-corrected chi connectivity index (χ2v) is 9.67. The first-order valence-electron chi connectivity index (χ1n) is 12.5. The highest BCUT2D eigenvalue weighted by Gasteiger charge is 2.22. The highest BCUT2D eigenvalue weighted by atomic mass is 16.2. The van der Waals surface area contributed by atoms with Crippen molar-refractivity contribution >= 4 is 23.2 Å². The van der Waals surface area contributed by atoms with Crippen molar-refractivity contribution in [3.8, 4) is 17.2 Å². The van der Waals surface area contributed by atoms with E-state index in [9.17, 15) is 14.9 Å². The number of aryl methyl sites for hydroxylation is 1. The molecule has 2 heterocycles. The Bertz CT molecular complexity index is 1320. The number of likely N-dealkylation sites (tertiary alicyclic amines) is 1. The fraction of sp³-hybridized carbons (Fsp3) is 0.300. The van der Waals surface area contributed by atoms with Gasteiger partial charge in [0, 0.05) is 42.9 Å². The van der Waals surface area contributed by atoms with Gasteiger partial charge in [-0.1, -0.05) is 42.5 Å². The predicted octanol–water partition coefficient (Wildman–Crippen LogP) is 5.25. The number of amides is 2. The Hall–Kier alpha value is -3.95. The second kappa shape index (κ2) is 10.3. The summed E-state index contributed by atoms with van der Waals surface area (Å²) in [6, 6.07) is 24.3. The Labute approximate surface area is 212 Å². The molecule has 6 heteroatoms. The van der Waals surface area contributed by atoms with Crippen molar-refractivity contribution in [2.24, 2.45) is 5.92 Å². The standard InChI is InChI=1S/C30H30N4O2/c1-33-28-18-26(10-7-23(28)9-12-29(33)35)32-30(36)24-8-11-27(22-5-3-2-4-6-22)25(17-24)20-34-15-13-21(19-31)14-16-34/h2-8,10-11,17-18,21H,9,12-16,20H2,1H3,(H,32,36). The summed E-state index contributed by atoms with van der Waals surface area (Å²) >= 11 is 0. The van der Waals surface area contributed by atoms with Gasteiger partial charge in [-0.2, -0.15) is 5.26 Å². The molecule has 0 aliphatic carbocycles. The zero-order valence-electron chi connectivity index (χ0n) is 20.5. The van der Waals surface area contributed by atoms with E-state index in [1.807, 2.05) is 54.6 Å². The summed E-state index contributed by atoms with van der Waals surface area (Å²) in [6.07, 6.45) is 3.00. The Balaban J connectivity index is 1.39. The summed E-state index contributed by atoms with van der Waals surface area (Å²) in [4.78, 5) is 29.4. The van der Waals surface area contributed by atoms with Crippen LogP contribution in [0, 0.1) is 17.2 Å². The Morgan fingerprint density at radius 2 is 1.81 bits per heavy atom. The minimum absolute atomic E-state index is 0.0888. The van der Waals surface area contributed by atoms with Crippen LogP contribution in [-0.4, -0.2) is 36.9 Å². The number of benzene rings is 3. The lowest BCUT2D eigenvalue weighted by Crippen LogP contribution is -2.33. The quantitative estimate of drug-likeness (QED) is 0.543. The van der Waals surface area contributed by atoms with E-state index in [-0.39, 0.29) is 17.7 Å². The molecule has 5 rings (SSSR count). The Morgan fingerprint density at radius 3 is 2.56 bits per heavy atom. The third-order valence-corrected chi connectivity index (χ3v) is 7.30. The van der Waals surface area contributed by atoms with Crippen LogP contribution in [0.5, 0.6) is 0 Å². The van der Waals surface area contributed by atoms with Gasteiger partial charge in [-0.15, -0.1) is 0 Å². The molecule has 0 bridgehead atoms. The molecule has 0 radical (unpaired) electrons. The zero-order valence-corrected chi connectivity index (χ0v) is 20.5. The van der Waals surface area contributed by atoms with Crippen LogP contribution in [-0.2, 0) is 17.8 Å². The number of fused-ring (bicyclic) bond motifs is 1. The molecule has 182 valence electrons. The number of anilines is 2. The normalized spacial score (nSPS) is 16.3. The van der Waals surface area contributed by atoms with Gasteiger partial charge in [0.05, 0.1) is 6.07 Å². The zero-order chi connectivity index (χ0) is 25.1. The molecular weight excluding hydrogens is 448 g/mol. The van der Waals surface area contributed by atoms with Crippen molar-refractivity contribution in [3.05, 3.63) is 83.4 Å². The fourth-order valence-electron chi connectivity index (χ4n) is 5.14. The molecule has 3 aromatic carbocycles. The van der Waals surface area contributed by atoms with Crippen molar-refractivity contribution in [3.63, 3.8) is 0 Å². The maximum absolute atomic E-state index is 13.3. The van der Waals surface area contributed by atoms with Crippen LogP contribution in [0.4, 0.5) is 11.4 Å². The maximum atomic E-state index is 13.3. The van der Waals surface area contributed by atoms with E-state index in [0.29, 0.717) is 17.7 Å². The smallest absolute Gasteiger partial charge is 0.255 e. The molecular formula is C30H30N4O2. The van der Waals surface area contributed by atoms with Gasteiger partial charge >= 0.3 is 0 Å². The van der Waals surface area contributed by atoms with Gasteiger partial charge in [0.2, 0.25) is 5.91 Å². The Morgan fingerprint density at radius 1 is 1.03 bits per heavy atom. The van der Waals surface area contributed by atoms with Gasteiger partial charge in [0.1, 0.15) is 0 Å². The van der Waals surface area contributed by atoms with Crippen molar-refractivity contribution in [2.45, 2.75) is 32.2 Å². The van der Waals surface area contributed by atoms with E-state index >= 15 is 0 Å². The topological polar surface area (TPSA) is 76.4 Å². The summed E-state index contributed by atoms with van der Waals surface area (Å²) in [5.74, 6) is 0.0487. The minimum atomic E-state index is -0.177. The van der Waals surface area contributed by atoms with Gasteiger partial charge in [0.15, 0.2) is 0 Å². The van der Waals surface area contributed by atoms with Crippen LogP contribution in [0.2, 0.25) is 0 Å². The molecule has 0 unspecified atom stereocenters. The van der Waals surface area contributed by atoms with Crippen LogP contribution in [0.3, 0.4) is 0 Å². The average Bonchev–Trinajstić information content (AvgIpc) is 2.92. The van der Waals surface area contributed by atoms with E-state index in [4.69, 9.17) is 0 Å². The van der Waals surface area contributed by atoms with E-state index in [1.54, 1.807) is 11.9 Å². The third kappa shape index (κ3) is 5.02. The largest absolute Gasteiger partial charge is 0.322 e. The van der Waals surface area contributed by atoms with Crippen LogP contribution >= 0.6 is 0 Å². The van der Waals surface area contributed by atoms with Crippen molar-refractivity contribution in [1.82, 2.24) is 4.90 Å². The molecule has 1 fully saturated rings. The number of nitrogens with zero attached hydrogens (tertiary/aromatic N) is 3. The first-order chi connectivity index (χ1) is 17.5. The number of piperidine rings is 1. The summed E-state index contributed by atoms with van der Waals surface area (Å²) in [5, 5.41) is 12.3. The lowest BCUT2D eigenvalue weighted by Gasteiger charge is -2.30. The summed E-state index contributed by atoms with van der Waals surface area (Å²) in [5.41, 5.74) is 6.57. The van der Waals surface area contributed by atoms with Crippen LogP contribution < -0.4 is 10.2 Å². The van der Waals surface area contributed by atoms with E-state index < -0.39 is 0 Å². The van der Waals surface area contributed by atoms with Crippen molar-refractivity contribution in [2.75, 3.05) is 30.4 Å². The van der Waals surface area contributed by atoms with E-state index in [0.717, 1.165) is 66.8 Å². The molecule has 36 heavy (non-hydrogen) atoms. The molecule has 6 nitrogen and oxygen atoms in total. The molecule has 2 amide bonds.